The fraction of sp³-hybridized carbons (Fsp3) is 0.882. The summed E-state index contributed by atoms with van der Waals surface area (Å²) in [5, 5.41) is 3.02. The predicted octanol–water partition coefficient (Wildman–Crippen LogP) is 2.47. The van der Waals surface area contributed by atoms with Gasteiger partial charge in [0, 0.05) is 6.04 Å². The van der Waals surface area contributed by atoms with Gasteiger partial charge in [0.25, 0.3) is 0 Å². The van der Waals surface area contributed by atoms with Gasteiger partial charge in [-0.25, -0.2) is 0 Å². The third-order valence-corrected chi connectivity index (χ3v) is 5.26. The van der Waals surface area contributed by atoms with Gasteiger partial charge in [0.1, 0.15) is 12.1 Å². The molecule has 0 aromatic rings. The second-order valence-corrected chi connectivity index (χ2v) is 8.13. The van der Waals surface area contributed by atoms with Crippen molar-refractivity contribution in [3.8, 4) is 0 Å². The molecule has 0 spiro atoms. The SMILES string of the molecule is CC(C)(C)C1NC(=O)C(C2CC2)N(C2CCCCC2)C1=O. The number of piperazine rings is 1. The largest absolute Gasteiger partial charge is 0.342 e. The molecule has 1 aliphatic heterocycles. The molecule has 21 heavy (non-hydrogen) atoms. The van der Waals surface area contributed by atoms with Crippen molar-refractivity contribution in [2.75, 3.05) is 0 Å². The van der Waals surface area contributed by atoms with Crippen LogP contribution in [-0.2, 0) is 9.59 Å². The molecule has 4 heteroatoms. The number of carbonyl (C=O) groups is 2. The molecule has 1 saturated heterocycles. The molecule has 0 bridgehead atoms. The Bertz CT molecular complexity index is 431. The fourth-order valence-corrected chi connectivity index (χ4v) is 3.91. The van der Waals surface area contributed by atoms with Crippen LogP contribution < -0.4 is 5.32 Å². The van der Waals surface area contributed by atoms with Crippen molar-refractivity contribution in [1.29, 1.82) is 0 Å². The van der Waals surface area contributed by atoms with E-state index in [-0.39, 0.29) is 35.4 Å². The van der Waals surface area contributed by atoms with Crippen LogP contribution in [0.1, 0.15) is 65.7 Å². The standard InChI is InChI=1S/C17H28N2O2/c1-17(2,3)14-16(21)19(12-7-5-4-6-8-12)13(11-9-10-11)15(20)18-14/h11-14H,4-10H2,1-3H3,(H,18,20). The van der Waals surface area contributed by atoms with E-state index in [1.807, 2.05) is 25.7 Å². The highest BCUT2D eigenvalue weighted by molar-refractivity contribution is 5.98. The molecule has 3 aliphatic rings. The van der Waals surface area contributed by atoms with Crippen LogP contribution in [0.15, 0.2) is 0 Å². The minimum Gasteiger partial charge on any atom is -0.342 e. The monoisotopic (exact) mass is 292 g/mol. The molecule has 1 N–H and O–H groups in total. The lowest BCUT2D eigenvalue weighted by atomic mass is 9.81. The average Bonchev–Trinajstić information content (AvgIpc) is 3.24. The summed E-state index contributed by atoms with van der Waals surface area (Å²) in [6, 6.07) is -0.283. The number of hydrogen-bond acceptors (Lipinski definition) is 2. The zero-order valence-electron chi connectivity index (χ0n) is 13.5. The zero-order valence-corrected chi connectivity index (χ0v) is 13.5. The Morgan fingerprint density at radius 1 is 1.00 bits per heavy atom. The van der Waals surface area contributed by atoms with E-state index in [0.717, 1.165) is 25.7 Å². The van der Waals surface area contributed by atoms with E-state index in [1.54, 1.807) is 0 Å². The highest BCUT2D eigenvalue weighted by atomic mass is 16.2. The molecule has 2 amide bonds. The van der Waals surface area contributed by atoms with E-state index in [0.29, 0.717) is 5.92 Å². The molecule has 0 radical (unpaired) electrons. The van der Waals surface area contributed by atoms with Crippen molar-refractivity contribution in [3.05, 3.63) is 0 Å². The summed E-state index contributed by atoms with van der Waals surface area (Å²) in [7, 11) is 0. The van der Waals surface area contributed by atoms with Crippen molar-refractivity contribution in [2.24, 2.45) is 11.3 Å². The van der Waals surface area contributed by atoms with Gasteiger partial charge in [-0.05, 0) is 37.0 Å². The first-order valence-electron chi connectivity index (χ1n) is 8.52. The molecule has 3 fully saturated rings. The van der Waals surface area contributed by atoms with Crippen LogP contribution >= 0.6 is 0 Å². The van der Waals surface area contributed by atoms with E-state index in [1.165, 1.54) is 19.3 Å². The van der Waals surface area contributed by atoms with Gasteiger partial charge in [0.15, 0.2) is 0 Å². The normalized spacial score (nSPS) is 32.2. The van der Waals surface area contributed by atoms with Gasteiger partial charge < -0.3 is 10.2 Å². The Morgan fingerprint density at radius 2 is 1.62 bits per heavy atom. The van der Waals surface area contributed by atoms with E-state index in [4.69, 9.17) is 0 Å². The predicted molar refractivity (Wildman–Crippen MR) is 81.6 cm³/mol. The minimum atomic E-state index is -0.373. The Hall–Kier alpha value is -1.06. The van der Waals surface area contributed by atoms with Gasteiger partial charge in [0.2, 0.25) is 11.8 Å². The number of nitrogens with zero attached hydrogens (tertiary/aromatic N) is 1. The van der Waals surface area contributed by atoms with Gasteiger partial charge in [0.05, 0.1) is 0 Å². The Labute approximate surface area is 127 Å². The van der Waals surface area contributed by atoms with Crippen molar-refractivity contribution in [1.82, 2.24) is 10.2 Å². The Balaban J connectivity index is 1.88. The second-order valence-electron chi connectivity index (χ2n) is 8.13. The van der Waals surface area contributed by atoms with Gasteiger partial charge in [-0.15, -0.1) is 0 Å². The van der Waals surface area contributed by atoms with Crippen molar-refractivity contribution in [2.45, 2.75) is 83.8 Å². The summed E-state index contributed by atoms with van der Waals surface area (Å²) in [6.07, 6.45) is 7.96. The number of rotatable bonds is 2. The lowest BCUT2D eigenvalue weighted by Gasteiger charge is -2.47. The number of carbonyl (C=O) groups excluding carboxylic acids is 2. The molecule has 0 aromatic heterocycles. The van der Waals surface area contributed by atoms with Crippen LogP contribution in [0, 0.1) is 11.3 Å². The summed E-state index contributed by atoms with van der Waals surface area (Å²) < 4.78 is 0. The molecule has 2 unspecified atom stereocenters. The Kier molecular flexibility index (Phi) is 3.74. The highest BCUT2D eigenvalue weighted by Gasteiger charge is 2.52. The van der Waals surface area contributed by atoms with Crippen LogP contribution in [0.25, 0.3) is 0 Å². The lowest BCUT2D eigenvalue weighted by molar-refractivity contribution is -0.157. The van der Waals surface area contributed by atoms with Crippen molar-refractivity contribution < 1.29 is 9.59 Å². The number of hydrogen-bond donors (Lipinski definition) is 1. The smallest absolute Gasteiger partial charge is 0.246 e. The van der Waals surface area contributed by atoms with Crippen molar-refractivity contribution in [3.63, 3.8) is 0 Å². The molecular formula is C17H28N2O2. The molecule has 2 aliphatic carbocycles. The van der Waals surface area contributed by atoms with Crippen LogP contribution in [0.5, 0.6) is 0 Å². The fourth-order valence-electron chi connectivity index (χ4n) is 3.91. The molecule has 1 heterocycles. The summed E-state index contributed by atoms with van der Waals surface area (Å²) in [5.41, 5.74) is -0.228. The minimum absolute atomic E-state index is 0.0857. The maximum absolute atomic E-state index is 13.1. The second kappa shape index (κ2) is 5.29. The topological polar surface area (TPSA) is 49.4 Å². The number of amides is 2. The van der Waals surface area contributed by atoms with Gasteiger partial charge in [-0.1, -0.05) is 40.0 Å². The van der Waals surface area contributed by atoms with E-state index in [2.05, 4.69) is 5.32 Å². The Morgan fingerprint density at radius 3 is 2.14 bits per heavy atom. The first-order valence-corrected chi connectivity index (χ1v) is 8.52. The van der Waals surface area contributed by atoms with Crippen molar-refractivity contribution >= 4 is 11.8 Å². The highest BCUT2D eigenvalue weighted by Crippen LogP contribution is 2.41. The first-order chi connectivity index (χ1) is 9.89. The molecule has 4 nitrogen and oxygen atoms in total. The van der Waals surface area contributed by atoms with Gasteiger partial charge >= 0.3 is 0 Å². The van der Waals surface area contributed by atoms with E-state index >= 15 is 0 Å². The lowest BCUT2D eigenvalue weighted by Crippen LogP contribution is -2.69. The molecule has 0 aromatic carbocycles. The zero-order chi connectivity index (χ0) is 15.2. The molecule has 3 rings (SSSR count). The maximum atomic E-state index is 13.1. The van der Waals surface area contributed by atoms with Gasteiger partial charge in [-0.3, -0.25) is 9.59 Å². The average molecular weight is 292 g/mol. The summed E-state index contributed by atoms with van der Waals surface area (Å²) in [4.78, 5) is 27.7. The third kappa shape index (κ3) is 2.82. The quantitative estimate of drug-likeness (QED) is 0.850. The van der Waals surface area contributed by atoms with Crippen LogP contribution in [-0.4, -0.2) is 34.8 Å². The van der Waals surface area contributed by atoms with Crippen LogP contribution in [0.3, 0.4) is 0 Å². The third-order valence-electron chi connectivity index (χ3n) is 5.26. The maximum Gasteiger partial charge on any atom is 0.246 e. The van der Waals surface area contributed by atoms with E-state index in [9.17, 15) is 9.59 Å². The number of nitrogens with one attached hydrogen (secondary N) is 1. The molecule has 2 saturated carbocycles. The molecular weight excluding hydrogens is 264 g/mol. The van der Waals surface area contributed by atoms with Gasteiger partial charge in [-0.2, -0.15) is 0 Å². The van der Waals surface area contributed by atoms with E-state index < -0.39 is 0 Å². The summed E-state index contributed by atoms with van der Waals surface area (Å²) in [5.74, 6) is 0.644. The molecule has 2 atom stereocenters. The first kappa shape index (κ1) is 14.9. The summed E-state index contributed by atoms with van der Waals surface area (Å²) >= 11 is 0. The summed E-state index contributed by atoms with van der Waals surface area (Å²) in [6.45, 7) is 6.10. The van der Waals surface area contributed by atoms with Crippen LogP contribution in [0.4, 0.5) is 0 Å². The molecule has 118 valence electrons. The van der Waals surface area contributed by atoms with Crippen LogP contribution in [0.2, 0.25) is 0 Å².